The maximum Gasteiger partial charge on any atom is 0.323 e. The highest BCUT2D eigenvalue weighted by atomic mass is 16.2. The van der Waals surface area contributed by atoms with Crippen molar-refractivity contribution in [2.45, 2.75) is 12.8 Å². The van der Waals surface area contributed by atoms with Crippen LogP contribution in [0.15, 0.2) is 54.6 Å². The Morgan fingerprint density at radius 1 is 0.840 bits per heavy atom. The smallest absolute Gasteiger partial charge is 0.323 e. The van der Waals surface area contributed by atoms with E-state index in [0.29, 0.717) is 23.6 Å². The molecule has 0 aromatic heterocycles. The largest absolute Gasteiger partial charge is 0.325 e. The highest BCUT2D eigenvalue weighted by Gasteiger charge is 2.20. The number of amides is 3. The molecule has 1 fully saturated rings. The minimum atomic E-state index is -0.333. The molecule has 1 saturated carbocycles. The average molecular weight is 338 g/mol. The third-order valence-corrected chi connectivity index (χ3v) is 3.85. The lowest BCUT2D eigenvalue weighted by Gasteiger charge is -2.10. The quantitative estimate of drug-likeness (QED) is 0.625. The summed E-state index contributed by atoms with van der Waals surface area (Å²) in [4.78, 5) is 23.9. The molecule has 2 aromatic rings. The Kier molecular flexibility index (Phi) is 5.64. The maximum absolute atomic E-state index is 12.0. The molecular formula is C19H22N4O2. The molecule has 4 N–H and O–H groups in total. The highest BCUT2D eigenvalue weighted by Crippen LogP contribution is 2.27. The van der Waals surface area contributed by atoms with E-state index in [1.165, 1.54) is 12.8 Å². The van der Waals surface area contributed by atoms with Crippen LogP contribution in [0.1, 0.15) is 12.8 Å². The van der Waals surface area contributed by atoms with Gasteiger partial charge in [0.05, 0.1) is 6.54 Å². The first-order valence-corrected chi connectivity index (χ1v) is 8.43. The number of nitrogens with one attached hydrogen (secondary N) is 4. The van der Waals surface area contributed by atoms with Crippen molar-refractivity contribution in [3.63, 3.8) is 0 Å². The molecule has 0 atom stereocenters. The molecule has 0 radical (unpaired) electrons. The van der Waals surface area contributed by atoms with E-state index >= 15 is 0 Å². The van der Waals surface area contributed by atoms with E-state index in [1.807, 2.05) is 30.3 Å². The number of anilines is 3. The number of para-hydroxylation sites is 1. The van der Waals surface area contributed by atoms with Crippen molar-refractivity contribution in [1.82, 2.24) is 5.32 Å². The van der Waals surface area contributed by atoms with Gasteiger partial charge in [0, 0.05) is 17.1 Å². The number of hydrogen-bond donors (Lipinski definition) is 4. The van der Waals surface area contributed by atoms with Crippen molar-refractivity contribution in [3.8, 4) is 0 Å². The summed E-state index contributed by atoms with van der Waals surface area (Å²) in [7, 11) is 0. The van der Waals surface area contributed by atoms with Crippen molar-refractivity contribution in [2.75, 3.05) is 29.0 Å². The summed E-state index contributed by atoms with van der Waals surface area (Å²) < 4.78 is 0. The van der Waals surface area contributed by atoms with Crippen molar-refractivity contribution >= 4 is 29.0 Å². The molecule has 3 rings (SSSR count). The van der Waals surface area contributed by atoms with E-state index in [9.17, 15) is 9.59 Å². The van der Waals surface area contributed by atoms with E-state index in [2.05, 4.69) is 21.3 Å². The molecule has 0 heterocycles. The molecule has 1 aliphatic rings. The lowest BCUT2D eigenvalue weighted by molar-refractivity contribution is -0.115. The Labute approximate surface area is 147 Å². The van der Waals surface area contributed by atoms with Gasteiger partial charge >= 0.3 is 6.03 Å². The predicted molar refractivity (Wildman–Crippen MR) is 99.7 cm³/mol. The molecule has 1 aliphatic carbocycles. The molecule has 0 bridgehead atoms. The van der Waals surface area contributed by atoms with Crippen LogP contribution < -0.4 is 21.3 Å². The van der Waals surface area contributed by atoms with Gasteiger partial charge in [-0.1, -0.05) is 24.3 Å². The molecule has 0 unspecified atom stereocenters. The van der Waals surface area contributed by atoms with E-state index in [0.717, 1.165) is 12.5 Å². The summed E-state index contributed by atoms with van der Waals surface area (Å²) in [5.74, 6) is 0.648. The Bertz CT molecular complexity index is 729. The molecule has 0 spiro atoms. The normalized spacial score (nSPS) is 13.1. The summed E-state index contributed by atoms with van der Waals surface area (Å²) in [5, 5.41) is 11.5. The van der Waals surface area contributed by atoms with Gasteiger partial charge in [-0.05, 0) is 55.6 Å². The molecule has 3 amide bonds. The Balaban J connectivity index is 1.48. The summed E-state index contributed by atoms with van der Waals surface area (Å²) >= 11 is 0. The third-order valence-electron chi connectivity index (χ3n) is 3.85. The number of carbonyl (C=O) groups is 2. The molecule has 0 saturated heterocycles. The van der Waals surface area contributed by atoms with Crippen LogP contribution in [-0.4, -0.2) is 25.0 Å². The van der Waals surface area contributed by atoms with Crippen LogP contribution in [0.2, 0.25) is 0 Å². The Morgan fingerprint density at radius 2 is 1.48 bits per heavy atom. The molecule has 2 aromatic carbocycles. The first-order valence-electron chi connectivity index (χ1n) is 8.43. The topological polar surface area (TPSA) is 82.3 Å². The predicted octanol–water partition coefficient (Wildman–Crippen LogP) is 3.27. The van der Waals surface area contributed by atoms with E-state index in [1.54, 1.807) is 24.3 Å². The lowest BCUT2D eigenvalue weighted by atomic mass is 10.2. The Hall–Kier alpha value is -2.86. The molecule has 25 heavy (non-hydrogen) atoms. The van der Waals surface area contributed by atoms with Gasteiger partial charge in [-0.2, -0.15) is 0 Å². The van der Waals surface area contributed by atoms with Gasteiger partial charge in [-0.15, -0.1) is 0 Å². The summed E-state index contributed by atoms with van der Waals surface area (Å²) in [5.41, 5.74) is 1.97. The van der Waals surface area contributed by atoms with Crippen LogP contribution in [0.4, 0.5) is 21.9 Å². The van der Waals surface area contributed by atoms with Crippen LogP contribution in [0, 0.1) is 5.92 Å². The standard InChI is InChI=1S/C19H22N4O2/c24-18(13-20-12-14-9-10-14)21-16-7-4-8-17(11-16)23-19(25)22-15-5-2-1-3-6-15/h1-8,11,14,20H,9-10,12-13H2,(H,21,24)(H2,22,23,25). The first-order chi connectivity index (χ1) is 12.2. The van der Waals surface area contributed by atoms with Crippen molar-refractivity contribution in [1.29, 1.82) is 0 Å². The third kappa shape index (κ3) is 5.93. The fraction of sp³-hybridized carbons (Fsp3) is 0.263. The van der Waals surface area contributed by atoms with Gasteiger partial charge in [-0.3, -0.25) is 4.79 Å². The monoisotopic (exact) mass is 338 g/mol. The second kappa shape index (κ2) is 8.30. The number of rotatable bonds is 7. The van der Waals surface area contributed by atoms with Gasteiger partial charge in [0.1, 0.15) is 0 Å². The van der Waals surface area contributed by atoms with Crippen LogP contribution in [0.5, 0.6) is 0 Å². The van der Waals surface area contributed by atoms with Crippen LogP contribution >= 0.6 is 0 Å². The number of benzene rings is 2. The number of urea groups is 1. The van der Waals surface area contributed by atoms with Crippen LogP contribution in [0.3, 0.4) is 0 Å². The van der Waals surface area contributed by atoms with Crippen LogP contribution in [-0.2, 0) is 4.79 Å². The molecule has 0 aliphatic heterocycles. The number of carbonyl (C=O) groups excluding carboxylic acids is 2. The minimum Gasteiger partial charge on any atom is -0.325 e. The summed E-state index contributed by atoms with van der Waals surface area (Å²) in [6.45, 7) is 1.19. The SMILES string of the molecule is O=C(CNCC1CC1)Nc1cccc(NC(=O)Nc2ccccc2)c1. The highest BCUT2D eigenvalue weighted by molar-refractivity contribution is 6.00. The zero-order valence-electron chi connectivity index (χ0n) is 13.9. The van der Waals surface area contributed by atoms with E-state index in [-0.39, 0.29) is 11.9 Å². The summed E-state index contributed by atoms with van der Waals surface area (Å²) in [6.07, 6.45) is 2.51. The van der Waals surface area contributed by atoms with E-state index < -0.39 is 0 Å². The minimum absolute atomic E-state index is 0.0912. The fourth-order valence-electron chi connectivity index (χ4n) is 2.41. The molecule has 130 valence electrons. The number of hydrogen-bond acceptors (Lipinski definition) is 3. The molecule has 6 heteroatoms. The maximum atomic E-state index is 12.0. The fourth-order valence-corrected chi connectivity index (χ4v) is 2.41. The zero-order chi connectivity index (χ0) is 17.5. The average Bonchev–Trinajstić information content (AvgIpc) is 3.40. The first kappa shape index (κ1) is 17.0. The van der Waals surface area contributed by atoms with E-state index in [4.69, 9.17) is 0 Å². The second-order valence-electron chi connectivity index (χ2n) is 6.15. The lowest BCUT2D eigenvalue weighted by Crippen LogP contribution is -2.29. The van der Waals surface area contributed by atoms with Gasteiger partial charge in [0.2, 0.25) is 5.91 Å². The van der Waals surface area contributed by atoms with Crippen molar-refractivity contribution in [2.24, 2.45) is 5.92 Å². The second-order valence-corrected chi connectivity index (χ2v) is 6.15. The van der Waals surface area contributed by atoms with Crippen molar-refractivity contribution in [3.05, 3.63) is 54.6 Å². The van der Waals surface area contributed by atoms with Gasteiger partial charge < -0.3 is 21.3 Å². The van der Waals surface area contributed by atoms with Gasteiger partial charge in [0.15, 0.2) is 0 Å². The zero-order valence-corrected chi connectivity index (χ0v) is 13.9. The van der Waals surface area contributed by atoms with Gasteiger partial charge in [0.25, 0.3) is 0 Å². The Morgan fingerprint density at radius 3 is 2.20 bits per heavy atom. The summed E-state index contributed by atoms with van der Waals surface area (Å²) in [6, 6.07) is 15.9. The van der Waals surface area contributed by atoms with Crippen molar-refractivity contribution < 1.29 is 9.59 Å². The van der Waals surface area contributed by atoms with Gasteiger partial charge in [-0.25, -0.2) is 4.79 Å². The van der Waals surface area contributed by atoms with Crippen LogP contribution in [0.25, 0.3) is 0 Å². The molecule has 6 nitrogen and oxygen atoms in total. The molecular weight excluding hydrogens is 316 g/mol.